The zero-order valence-electron chi connectivity index (χ0n) is 9.37. The molecule has 0 aliphatic rings. The standard InChI is InChI=1S/C10H17ClN4/c1-8(4-7-15(2)3)14-10-9(11)12-5-6-13-10/h5-6,8H,4,7H2,1-3H3,(H,13,14). The van der Waals surface area contributed by atoms with Gasteiger partial charge in [-0.15, -0.1) is 0 Å². The van der Waals surface area contributed by atoms with Gasteiger partial charge < -0.3 is 10.2 Å². The summed E-state index contributed by atoms with van der Waals surface area (Å²) < 4.78 is 0. The van der Waals surface area contributed by atoms with Crippen molar-refractivity contribution < 1.29 is 0 Å². The molecule has 84 valence electrons. The maximum atomic E-state index is 5.88. The van der Waals surface area contributed by atoms with Crippen molar-refractivity contribution in [2.45, 2.75) is 19.4 Å². The second-order valence-electron chi connectivity index (χ2n) is 3.83. The summed E-state index contributed by atoms with van der Waals surface area (Å²) >= 11 is 5.88. The van der Waals surface area contributed by atoms with E-state index >= 15 is 0 Å². The highest BCUT2D eigenvalue weighted by atomic mass is 35.5. The fourth-order valence-corrected chi connectivity index (χ4v) is 1.33. The summed E-state index contributed by atoms with van der Waals surface area (Å²) in [5.74, 6) is 0.658. The average molecular weight is 229 g/mol. The van der Waals surface area contributed by atoms with Crippen molar-refractivity contribution in [3.05, 3.63) is 17.5 Å². The van der Waals surface area contributed by atoms with Crippen molar-refractivity contribution in [2.75, 3.05) is 26.0 Å². The number of hydrogen-bond donors (Lipinski definition) is 1. The number of rotatable bonds is 5. The lowest BCUT2D eigenvalue weighted by molar-refractivity contribution is 0.390. The lowest BCUT2D eigenvalue weighted by Crippen LogP contribution is -2.23. The van der Waals surface area contributed by atoms with Crippen LogP contribution in [0.1, 0.15) is 13.3 Å². The summed E-state index contributed by atoms with van der Waals surface area (Å²) in [6, 6.07) is 0.335. The van der Waals surface area contributed by atoms with E-state index in [1.165, 1.54) is 0 Å². The third-order valence-electron chi connectivity index (χ3n) is 2.05. The number of nitrogens with zero attached hydrogens (tertiary/aromatic N) is 3. The minimum absolute atomic E-state index is 0.335. The maximum absolute atomic E-state index is 5.88. The predicted octanol–water partition coefficient (Wildman–Crippen LogP) is 1.88. The van der Waals surface area contributed by atoms with Crippen molar-refractivity contribution >= 4 is 17.4 Å². The van der Waals surface area contributed by atoms with Gasteiger partial charge in [0.05, 0.1) is 0 Å². The second kappa shape index (κ2) is 5.88. The molecule has 1 N–H and O–H groups in total. The molecule has 0 saturated carbocycles. The molecule has 1 aromatic rings. The van der Waals surface area contributed by atoms with Crippen LogP contribution < -0.4 is 5.32 Å². The van der Waals surface area contributed by atoms with Gasteiger partial charge in [0, 0.05) is 18.4 Å². The van der Waals surface area contributed by atoms with Gasteiger partial charge in [-0.3, -0.25) is 0 Å². The number of aromatic nitrogens is 2. The van der Waals surface area contributed by atoms with E-state index in [4.69, 9.17) is 11.6 Å². The van der Waals surface area contributed by atoms with Crippen LogP contribution in [0.4, 0.5) is 5.82 Å². The van der Waals surface area contributed by atoms with E-state index in [-0.39, 0.29) is 0 Å². The molecular formula is C10H17ClN4. The first kappa shape index (κ1) is 12.2. The van der Waals surface area contributed by atoms with Gasteiger partial charge in [-0.05, 0) is 34.0 Å². The molecule has 0 saturated heterocycles. The number of halogens is 1. The summed E-state index contributed by atoms with van der Waals surface area (Å²) in [6.45, 7) is 3.14. The molecule has 0 fully saturated rings. The Morgan fingerprint density at radius 2 is 2.07 bits per heavy atom. The lowest BCUT2D eigenvalue weighted by Gasteiger charge is -2.17. The zero-order chi connectivity index (χ0) is 11.3. The molecule has 1 aromatic heterocycles. The van der Waals surface area contributed by atoms with Crippen LogP contribution in [-0.2, 0) is 0 Å². The quantitative estimate of drug-likeness (QED) is 0.836. The van der Waals surface area contributed by atoms with Gasteiger partial charge in [0.1, 0.15) is 0 Å². The topological polar surface area (TPSA) is 41.0 Å². The smallest absolute Gasteiger partial charge is 0.171 e. The first-order chi connectivity index (χ1) is 7.09. The molecule has 0 aliphatic heterocycles. The van der Waals surface area contributed by atoms with E-state index < -0.39 is 0 Å². The van der Waals surface area contributed by atoms with Crippen LogP contribution in [0.3, 0.4) is 0 Å². The van der Waals surface area contributed by atoms with Crippen LogP contribution in [0.5, 0.6) is 0 Å². The van der Waals surface area contributed by atoms with Crippen molar-refractivity contribution in [2.24, 2.45) is 0 Å². The van der Waals surface area contributed by atoms with Crippen molar-refractivity contribution in [3.8, 4) is 0 Å². The van der Waals surface area contributed by atoms with Crippen LogP contribution in [0.15, 0.2) is 12.4 Å². The Morgan fingerprint density at radius 1 is 1.40 bits per heavy atom. The van der Waals surface area contributed by atoms with E-state index in [1.807, 2.05) is 0 Å². The summed E-state index contributed by atoms with van der Waals surface area (Å²) in [6.07, 6.45) is 4.25. The lowest BCUT2D eigenvalue weighted by atomic mass is 10.2. The van der Waals surface area contributed by atoms with Gasteiger partial charge in [-0.25, -0.2) is 9.97 Å². The highest BCUT2D eigenvalue weighted by Gasteiger charge is 2.06. The SMILES string of the molecule is CC(CCN(C)C)Nc1nccnc1Cl. The molecule has 0 aliphatic carbocycles. The van der Waals surface area contributed by atoms with Crippen LogP contribution in [-0.4, -0.2) is 41.5 Å². The molecule has 15 heavy (non-hydrogen) atoms. The van der Waals surface area contributed by atoms with Gasteiger partial charge in [0.15, 0.2) is 11.0 Å². The van der Waals surface area contributed by atoms with Crippen LogP contribution in [0.2, 0.25) is 5.15 Å². The predicted molar refractivity (Wildman–Crippen MR) is 63.3 cm³/mol. The molecule has 0 spiro atoms. The first-order valence-electron chi connectivity index (χ1n) is 4.97. The van der Waals surface area contributed by atoms with E-state index in [9.17, 15) is 0 Å². The van der Waals surface area contributed by atoms with Crippen molar-refractivity contribution in [1.82, 2.24) is 14.9 Å². The minimum Gasteiger partial charge on any atom is -0.365 e. The Balaban J connectivity index is 2.44. The normalized spacial score (nSPS) is 12.9. The molecule has 1 heterocycles. The van der Waals surface area contributed by atoms with E-state index in [2.05, 4.69) is 41.2 Å². The highest BCUT2D eigenvalue weighted by Crippen LogP contribution is 2.15. The third kappa shape index (κ3) is 4.44. The average Bonchev–Trinajstić information content (AvgIpc) is 2.18. The largest absolute Gasteiger partial charge is 0.365 e. The zero-order valence-corrected chi connectivity index (χ0v) is 10.1. The molecule has 0 radical (unpaired) electrons. The Bertz CT molecular complexity index is 303. The Kier molecular flexibility index (Phi) is 4.78. The molecule has 5 heteroatoms. The van der Waals surface area contributed by atoms with Crippen molar-refractivity contribution in [3.63, 3.8) is 0 Å². The molecule has 0 amide bonds. The van der Waals surface area contributed by atoms with Crippen LogP contribution in [0.25, 0.3) is 0 Å². The molecule has 1 unspecified atom stereocenters. The fourth-order valence-electron chi connectivity index (χ4n) is 1.18. The molecule has 4 nitrogen and oxygen atoms in total. The molecule has 0 aromatic carbocycles. The summed E-state index contributed by atoms with van der Waals surface area (Å²) in [5, 5.41) is 3.66. The number of nitrogens with one attached hydrogen (secondary N) is 1. The fraction of sp³-hybridized carbons (Fsp3) is 0.600. The van der Waals surface area contributed by atoms with E-state index in [0.717, 1.165) is 13.0 Å². The van der Waals surface area contributed by atoms with Gasteiger partial charge in [-0.1, -0.05) is 11.6 Å². The van der Waals surface area contributed by atoms with Gasteiger partial charge in [0.25, 0.3) is 0 Å². The van der Waals surface area contributed by atoms with Gasteiger partial charge in [0.2, 0.25) is 0 Å². The monoisotopic (exact) mass is 228 g/mol. The Labute approximate surface area is 95.7 Å². The van der Waals surface area contributed by atoms with Crippen molar-refractivity contribution in [1.29, 1.82) is 0 Å². The molecule has 1 atom stereocenters. The van der Waals surface area contributed by atoms with Gasteiger partial charge >= 0.3 is 0 Å². The highest BCUT2D eigenvalue weighted by molar-refractivity contribution is 6.31. The summed E-state index contributed by atoms with van der Waals surface area (Å²) in [5.41, 5.74) is 0. The first-order valence-corrected chi connectivity index (χ1v) is 5.35. The molecule has 1 rings (SSSR count). The van der Waals surface area contributed by atoms with Gasteiger partial charge in [-0.2, -0.15) is 0 Å². The molecular weight excluding hydrogens is 212 g/mol. The van der Waals surface area contributed by atoms with E-state index in [0.29, 0.717) is 17.0 Å². The Morgan fingerprint density at radius 3 is 2.67 bits per heavy atom. The Hall–Kier alpha value is -0.870. The number of anilines is 1. The van der Waals surface area contributed by atoms with Crippen LogP contribution >= 0.6 is 11.6 Å². The summed E-state index contributed by atoms with van der Waals surface area (Å²) in [4.78, 5) is 10.2. The summed E-state index contributed by atoms with van der Waals surface area (Å²) in [7, 11) is 4.12. The second-order valence-corrected chi connectivity index (χ2v) is 4.19. The van der Waals surface area contributed by atoms with E-state index in [1.54, 1.807) is 12.4 Å². The third-order valence-corrected chi connectivity index (χ3v) is 2.32. The minimum atomic E-state index is 0.335. The molecule has 0 bridgehead atoms. The number of hydrogen-bond acceptors (Lipinski definition) is 4. The maximum Gasteiger partial charge on any atom is 0.171 e. The van der Waals surface area contributed by atoms with Crippen LogP contribution in [0, 0.1) is 0 Å².